The molecule has 1 heterocycles. The number of hydrogen-bond acceptors (Lipinski definition) is 3. The van der Waals surface area contributed by atoms with Crippen molar-refractivity contribution in [3.8, 4) is 0 Å². The number of carbonyl (C=O) groups is 1. The summed E-state index contributed by atoms with van der Waals surface area (Å²) in [5.41, 5.74) is 5.57. The predicted octanol–water partition coefficient (Wildman–Crippen LogP) is 1.00. The number of pyridine rings is 1. The lowest BCUT2D eigenvalue weighted by Gasteiger charge is -2.16. The Bertz CT molecular complexity index is 340. The minimum absolute atomic E-state index is 0.243. The van der Waals surface area contributed by atoms with Crippen LogP contribution in [0.1, 0.15) is 10.4 Å². The molecule has 4 nitrogen and oxygen atoms in total. The Kier molecular flexibility index (Phi) is 3.54. The Morgan fingerprint density at radius 1 is 1.60 bits per heavy atom. The van der Waals surface area contributed by atoms with E-state index >= 15 is 0 Å². The number of carbonyl (C=O) groups excluding carboxylic acids is 1. The molecule has 1 amide bonds. The zero-order valence-corrected chi connectivity index (χ0v) is 8.15. The number of anilines is 1. The van der Waals surface area contributed by atoms with E-state index in [2.05, 4.69) is 4.98 Å². The van der Waals surface area contributed by atoms with Gasteiger partial charge in [-0.2, -0.15) is 0 Å². The van der Waals surface area contributed by atoms with E-state index in [0.717, 1.165) is 4.90 Å². The maximum absolute atomic E-state index is 12.0. The summed E-state index contributed by atoms with van der Waals surface area (Å²) < 4.78 is 24.0. The molecule has 1 aromatic rings. The topological polar surface area (TPSA) is 59.2 Å². The molecule has 0 aliphatic heterocycles. The average molecular weight is 215 g/mol. The van der Waals surface area contributed by atoms with Crippen molar-refractivity contribution >= 4 is 11.7 Å². The molecule has 2 N–H and O–H groups in total. The fraction of sp³-hybridized carbons (Fsp3) is 0.333. The van der Waals surface area contributed by atoms with Gasteiger partial charge in [0.1, 0.15) is 5.82 Å². The second-order valence-electron chi connectivity index (χ2n) is 3.05. The number of aromatic nitrogens is 1. The standard InChI is InChI=1S/C9H11F2N3O/c1-14(5-7(10)11)9(15)6-2-3-8(12)13-4-6/h2-4,7H,5H2,1H3,(H2,12,13). The van der Waals surface area contributed by atoms with Gasteiger partial charge in [0.2, 0.25) is 0 Å². The van der Waals surface area contributed by atoms with Crippen molar-refractivity contribution in [3.63, 3.8) is 0 Å². The highest BCUT2D eigenvalue weighted by atomic mass is 19.3. The van der Waals surface area contributed by atoms with Gasteiger partial charge in [-0.05, 0) is 12.1 Å². The number of amides is 1. The van der Waals surface area contributed by atoms with Crippen molar-refractivity contribution in [1.29, 1.82) is 0 Å². The number of nitrogens with two attached hydrogens (primary N) is 1. The quantitative estimate of drug-likeness (QED) is 0.818. The lowest BCUT2D eigenvalue weighted by atomic mass is 10.2. The third kappa shape index (κ3) is 3.16. The first-order valence-corrected chi connectivity index (χ1v) is 4.26. The lowest BCUT2D eigenvalue weighted by molar-refractivity contribution is 0.0620. The summed E-state index contributed by atoms with van der Waals surface area (Å²) in [5, 5.41) is 0. The Labute approximate surface area is 85.7 Å². The number of rotatable bonds is 3. The first-order chi connectivity index (χ1) is 7.00. The molecule has 0 aliphatic carbocycles. The van der Waals surface area contributed by atoms with E-state index in [-0.39, 0.29) is 11.4 Å². The number of hydrogen-bond donors (Lipinski definition) is 1. The van der Waals surface area contributed by atoms with Crippen LogP contribution in [-0.4, -0.2) is 35.8 Å². The molecule has 0 unspecified atom stereocenters. The van der Waals surface area contributed by atoms with Gasteiger partial charge in [-0.1, -0.05) is 0 Å². The van der Waals surface area contributed by atoms with E-state index in [9.17, 15) is 13.6 Å². The smallest absolute Gasteiger partial charge is 0.255 e. The minimum Gasteiger partial charge on any atom is -0.384 e. The molecule has 0 atom stereocenters. The van der Waals surface area contributed by atoms with Gasteiger partial charge in [-0.25, -0.2) is 13.8 Å². The van der Waals surface area contributed by atoms with Gasteiger partial charge in [-0.3, -0.25) is 4.79 Å². The van der Waals surface area contributed by atoms with Gasteiger partial charge in [0, 0.05) is 13.2 Å². The fourth-order valence-electron chi connectivity index (χ4n) is 1.04. The minimum atomic E-state index is -2.54. The summed E-state index contributed by atoms with van der Waals surface area (Å²) >= 11 is 0. The van der Waals surface area contributed by atoms with Crippen LogP contribution in [0.15, 0.2) is 18.3 Å². The molecule has 1 aromatic heterocycles. The second kappa shape index (κ2) is 4.68. The normalized spacial score (nSPS) is 10.4. The Hall–Kier alpha value is -1.72. The molecule has 0 bridgehead atoms. The average Bonchev–Trinajstić information content (AvgIpc) is 2.17. The van der Waals surface area contributed by atoms with Crippen molar-refractivity contribution in [2.75, 3.05) is 19.3 Å². The maximum atomic E-state index is 12.0. The molecule has 1 rings (SSSR count). The Morgan fingerprint density at radius 3 is 2.73 bits per heavy atom. The molecule has 0 saturated carbocycles. The summed E-state index contributed by atoms with van der Waals surface area (Å²) in [5.74, 6) is -0.217. The van der Waals surface area contributed by atoms with Gasteiger partial charge in [0.25, 0.3) is 12.3 Å². The molecule has 0 fully saturated rings. The van der Waals surface area contributed by atoms with E-state index in [1.807, 2.05) is 0 Å². The number of nitrogens with zero attached hydrogens (tertiary/aromatic N) is 2. The summed E-state index contributed by atoms with van der Waals surface area (Å²) in [7, 11) is 1.31. The first kappa shape index (κ1) is 11.4. The van der Waals surface area contributed by atoms with Crippen LogP contribution in [0, 0.1) is 0 Å². The van der Waals surface area contributed by atoms with E-state index in [1.165, 1.54) is 25.4 Å². The number of alkyl halides is 2. The van der Waals surface area contributed by atoms with Crippen LogP contribution in [0.2, 0.25) is 0 Å². The zero-order valence-electron chi connectivity index (χ0n) is 8.15. The molecule has 6 heteroatoms. The Balaban J connectivity index is 2.72. The molecule has 0 aliphatic rings. The highest BCUT2D eigenvalue weighted by Crippen LogP contribution is 2.06. The van der Waals surface area contributed by atoms with Gasteiger partial charge in [0.05, 0.1) is 12.1 Å². The van der Waals surface area contributed by atoms with Crippen molar-refractivity contribution in [2.45, 2.75) is 6.43 Å². The number of halogens is 2. The van der Waals surface area contributed by atoms with Gasteiger partial charge < -0.3 is 10.6 Å². The van der Waals surface area contributed by atoms with Gasteiger partial charge in [-0.15, -0.1) is 0 Å². The Morgan fingerprint density at radius 2 is 2.27 bits per heavy atom. The van der Waals surface area contributed by atoms with E-state index in [4.69, 9.17) is 5.73 Å². The predicted molar refractivity (Wildman–Crippen MR) is 51.6 cm³/mol. The van der Waals surface area contributed by atoms with Crippen LogP contribution < -0.4 is 5.73 Å². The largest absolute Gasteiger partial charge is 0.384 e. The van der Waals surface area contributed by atoms with E-state index < -0.39 is 18.9 Å². The molecular formula is C9H11F2N3O. The van der Waals surface area contributed by atoms with Crippen molar-refractivity contribution in [2.24, 2.45) is 0 Å². The van der Waals surface area contributed by atoms with Crippen LogP contribution in [0.3, 0.4) is 0 Å². The van der Waals surface area contributed by atoms with Gasteiger partial charge in [0.15, 0.2) is 0 Å². The molecule has 0 aromatic carbocycles. The highest BCUT2D eigenvalue weighted by molar-refractivity contribution is 5.93. The molecule has 82 valence electrons. The highest BCUT2D eigenvalue weighted by Gasteiger charge is 2.15. The summed E-state index contributed by atoms with van der Waals surface area (Å²) in [6.45, 7) is -0.594. The van der Waals surface area contributed by atoms with E-state index in [0.29, 0.717) is 0 Å². The third-order valence-corrected chi connectivity index (χ3v) is 1.79. The van der Waals surface area contributed by atoms with Crippen LogP contribution >= 0.6 is 0 Å². The zero-order chi connectivity index (χ0) is 11.4. The van der Waals surface area contributed by atoms with Gasteiger partial charge >= 0.3 is 0 Å². The lowest BCUT2D eigenvalue weighted by Crippen LogP contribution is -2.31. The number of nitrogen functional groups attached to an aromatic ring is 1. The van der Waals surface area contributed by atoms with Crippen molar-refractivity contribution < 1.29 is 13.6 Å². The molecule has 0 spiro atoms. The second-order valence-corrected chi connectivity index (χ2v) is 3.05. The molecule has 0 radical (unpaired) electrons. The summed E-state index contributed by atoms with van der Waals surface area (Å²) in [6, 6.07) is 2.90. The van der Waals surface area contributed by atoms with E-state index in [1.54, 1.807) is 0 Å². The summed E-state index contributed by atoms with van der Waals surface area (Å²) in [4.78, 5) is 16.2. The fourth-order valence-corrected chi connectivity index (χ4v) is 1.04. The summed E-state index contributed by atoms with van der Waals surface area (Å²) in [6.07, 6.45) is -1.28. The first-order valence-electron chi connectivity index (χ1n) is 4.26. The molecular weight excluding hydrogens is 204 g/mol. The maximum Gasteiger partial charge on any atom is 0.255 e. The van der Waals surface area contributed by atoms with Crippen LogP contribution in [0.5, 0.6) is 0 Å². The van der Waals surface area contributed by atoms with Crippen molar-refractivity contribution in [3.05, 3.63) is 23.9 Å². The van der Waals surface area contributed by atoms with Crippen molar-refractivity contribution in [1.82, 2.24) is 9.88 Å². The van der Waals surface area contributed by atoms with Crippen LogP contribution in [-0.2, 0) is 0 Å². The van der Waals surface area contributed by atoms with Crippen LogP contribution in [0.25, 0.3) is 0 Å². The monoisotopic (exact) mass is 215 g/mol. The molecule has 15 heavy (non-hydrogen) atoms. The SMILES string of the molecule is CN(CC(F)F)C(=O)c1ccc(N)nc1. The molecule has 0 saturated heterocycles. The third-order valence-electron chi connectivity index (χ3n) is 1.79. The van der Waals surface area contributed by atoms with Crippen LogP contribution in [0.4, 0.5) is 14.6 Å².